The van der Waals surface area contributed by atoms with Crippen LogP contribution in [0.4, 0.5) is 8.78 Å². The van der Waals surface area contributed by atoms with Gasteiger partial charge in [0.1, 0.15) is 5.82 Å². The van der Waals surface area contributed by atoms with E-state index in [0.29, 0.717) is 31.5 Å². The van der Waals surface area contributed by atoms with Gasteiger partial charge in [0.2, 0.25) is 0 Å². The zero-order valence-electron chi connectivity index (χ0n) is 14.6. The number of hydrogen-bond acceptors (Lipinski definition) is 4. The second kappa shape index (κ2) is 7.51. The van der Waals surface area contributed by atoms with Gasteiger partial charge in [0.05, 0.1) is 6.54 Å². The predicted molar refractivity (Wildman–Crippen MR) is 90.9 cm³/mol. The zero-order chi connectivity index (χ0) is 18.7. The first-order chi connectivity index (χ1) is 12.4. The fourth-order valence-electron chi connectivity index (χ4n) is 3.19. The number of aromatic nitrogens is 2. The van der Waals surface area contributed by atoms with Crippen molar-refractivity contribution < 1.29 is 18.7 Å². The molecule has 1 fully saturated rings. The Bertz CT molecular complexity index is 795. The third-order valence-corrected chi connectivity index (χ3v) is 4.68. The average Bonchev–Trinajstić information content (AvgIpc) is 3.01. The summed E-state index contributed by atoms with van der Waals surface area (Å²) in [5.74, 6) is -1.47. The third kappa shape index (κ3) is 3.91. The van der Waals surface area contributed by atoms with E-state index in [1.165, 1.54) is 11.0 Å². The fourth-order valence-corrected chi connectivity index (χ4v) is 3.19. The van der Waals surface area contributed by atoms with Crippen LogP contribution in [0.25, 0.3) is 0 Å². The Kier molecular flexibility index (Phi) is 5.33. The maximum Gasteiger partial charge on any atom is 0.256 e. The number of amides is 1. The minimum Gasteiger partial charge on any atom is -0.379 e. The van der Waals surface area contributed by atoms with Crippen molar-refractivity contribution in [2.24, 2.45) is 7.05 Å². The number of halogens is 2. The predicted octanol–water partition coefficient (Wildman–Crippen LogP) is 1.34. The molecule has 1 saturated heterocycles. The van der Waals surface area contributed by atoms with Crippen molar-refractivity contribution >= 4 is 5.91 Å². The summed E-state index contributed by atoms with van der Waals surface area (Å²) in [4.78, 5) is 18.4. The molecule has 0 radical (unpaired) electrons. The summed E-state index contributed by atoms with van der Waals surface area (Å²) in [5, 5.41) is 13.8. The lowest BCUT2D eigenvalue weighted by Crippen LogP contribution is -2.57. The molecule has 1 amide bonds. The van der Waals surface area contributed by atoms with Crippen LogP contribution in [0, 0.1) is 11.6 Å². The molecule has 1 aliphatic heterocycles. The van der Waals surface area contributed by atoms with Gasteiger partial charge in [-0.1, -0.05) is 6.07 Å². The van der Waals surface area contributed by atoms with E-state index < -0.39 is 23.1 Å². The molecule has 3 rings (SSSR count). The van der Waals surface area contributed by atoms with E-state index in [2.05, 4.69) is 10.3 Å². The van der Waals surface area contributed by atoms with Gasteiger partial charge in [-0.25, -0.2) is 13.8 Å². The van der Waals surface area contributed by atoms with Crippen LogP contribution in [0.15, 0.2) is 30.6 Å². The van der Waals surface area contributed by atoms with Gasteiger partial charge in [0, 0.05) is 39.1 Å². The number of nitrogens with one attached hydrogen (secondary N) is 1. The molecule has 0 bridgehead atoms. The Balaban J connectivity index is 1.62. The number of imidazole rings is 1. The maximum absolute atomic E-state index is 13.4. The molecule has 140 valence electrons. The van der Waals surface area contributed by atoms with Crippen LogP contribution in [0.1, 0.15) is 24.2 Å². The monoisotopic (exact) mass is 364 g/mol. The summed E-state index contributed by atoms with van der Waals surface area (Å²) in [6, 6.07) is 3.56. The van der Waals surface area contributed by atoms with Crippen molar-refractivity contribution in [1.82, 2.24) is 19.8 Å². The van der Waals surface area contributed by atoms with Crippen molar-refractivity contribution in [2.75, 3.05) is 13.1 Å². The lowest BCUT2D eigenvalue weighted by Gasteiger charge is -2.38. The Hall–Kier alpha value is -2.32. The number of hydrogen-bond donors (Lipinski definition) is 2. The number of nitrogens with zero attached hydrogens (tertiary/aromatic N) is 3. The van der Waals surface area contributed by atoms with E-state index in [0.717, 1.165) is 18.0 Å². The van der Waals surface area contributed by atoms with Gasteiger partial charge in [-0.3, -0.25) is 4.79 Å². The van der Waals surface area contributed by atoms with E-state index in [1.807, 2.05) is 17.8 Å². The van der Waals surface area contributed by atoms with Gasteiger partial charge in [-0.05, 0) is 30.5 Å². The van der Waals surface area contributed by atoms with Crippen LogP contribution in [0.2, 0.25) is 0 Å². The van der Waals surface area contributed by atoms with E-state index in [1.54, 1.807) is 6.20 Å². The summed E-state index contributed by atoms with van der Waals surface area (Å²) in [6.45, 7) is 1.15. The molecule has 2 N–H and O–H groups in total. The second-order valence-corrected chi connectivity index (χ2v) is 6.67. The van der Waals surface area contributed by atoms with Crippen LogP contribution in [0.5, 0.6) is 0 Å². The number of rotatable bonds is 6. The number of aryl methyl sites for hydroxylation is 1. The minimum atomic E-state index is -1.51. The summed E-state index contributed by atoms with van der Waals surface area (Å²) in [6.07, 6.45) is 4.49. The SMILES string of the molecule is Cn1ccnc1CNC[C@@]1(O)CCCN(Cc2ccc(F)c(F)c2)C1=O. The molecule has 0 aliphatic carbocycles. The topological polar surface area (TPSA) is 70.4 Å². The van der Waals surface area contributed by atoms with Crippen LogP contribution in [-0.2, 0) is 24.9 Å². The first kappa shape index (κ1) is 18.5. The highest BCUT2D eigenvalue weighted by molar-refractivity contribution is 5.86. The van der Waals surface area contributed by atoms with Crippen molar-refractivity contribution in [3.05, 3.63) is 53.6 Å². The number of benzene rings is 1. The molecule has 8 heteroatoms. The number of piperidine rings is 1. The second-order valence-electron chi connectivity index (χ2n) is 6.67. The normalized spacial score (nSPS) is 20.6. The van der Waals surface area contributed by atoms with Crippen LogP contribution >= 0.6 is 0 Å². The van der Waals surface area contributed by atoms with Crippen molar-refractivity contribution in [3.8, 4) is 0 Å². The summed E-state index contributed by atoms with van der Waals surface area (Å²) in [7, 11) is 1.87. The molecule has 6 nitrogen and oxygen atoms in total. The van der Waals surface area contributed by atoms with E-state index in [4.69, 9.17) is 0 Å². The number of aliphatic hydroxyl groups is 1. The van der Waals surface area contributed by atoms with Crippen molar-refractivity contribution in [2.45, 2.75) is 31.5 Å². The molecular formula is C18H22F2N4O2. The third-order valence-electron chi connectivity index (χ3n) is 4.68. The molecule has 2 heterocycles. The molecular weight excluding hydrogens is 342 g/mol. The quantitative estimate of drug-likeness (QED) is 0.812. The van der Waals surface area contributed by atoms with Gasteiger partial charge in [0.15, 0.2) is 17.2 Å². The lowest BCUT2D eigenvalue weighted by molar-refractivity contribution is -0.157. The standard InChI is InChI=1S/C18H22F2N4O2/c1-23-8-6-22-16(23)10-21-12-18(26)5-2-7-24(17(18)25)11-13-3-4-14(19)15(20)9-13/h3-4,6,8-9,21,26H,2,5,7,10-12H2,1H3/t18-/m0/s1. The molecule has 0 saturated carbocycles. The van der Waals surface area contributed by atoms with E-state index in [9.17, 15) is 18.7 Å². The van der Waals surface area contributed by atoms with Gasteiger partial charge in [0.25, 0.3) is 5.91 Å². The highest BCUT2D eigenvalue weighted by Gasteiger charge is 2.41. The summed E-state index contributed by atoms with van der Waals surface area (Å²) >= 11 is 0. The lowest BCUT2D eigenvalue weighted by atomic mass is 9.91. The highest BCUT2D eigenvalue weighted by Crippen LogP contribution is 2.24. The molecule has 26 heavy (non-hydrogen) atoms. The zero-order valence-corrected chi connectivity index (χ0v) is 14.6. The minimum absolute atomic E-state index is 0.104. The van der Waals surface area contributed by atoms with Crippen LogP contribution in [-0.4, -0.2) is 44.2 Å². The fraction of sp³-hybridized carbons (Fsp3) is 0.444. The summed E-state index contributed by atoms with van der Waals surface area (Å²) in [5.41, 5.74) is -1.02. The van der Waals surface area contributed by atoms with Gasteiger partial charge in [-0.15, -0.1) is 0 Å². The van der Waals surface area contributed by atoms with Gasteiger partial charge in [-0.2, -0.15) is 0 Å². The molecule has 1 aliphatic rings. The molecule has 0 spiro atoms. The van der Waals surface area contributed by atoms with Crippen molar-refractivity contribution in [1.29, 1.82) is 0 Å². The first-order valence-corrected chi connectivity index (χ1v) is 8.52. The smallest absolute Gasteiger partial charge is 0.256 e. The molecule has 1 aromatic carbocycles. The van der Waals surface area contributed by atoms with E-state index >= 15 is 0 Å². The number of carbonyl (C=O) groups excluding carboxylic acids is 1. The van der Waals surface area contributed by atoms with Gasteiger partial charge >= 0.3 is 0 Å². The molecule has 1 atom stereocenters. The number of carbonyl (C=O) groups is 1. The Morgan fingerprint density at radius 3 is 2.85 bits per heavy atom. The van der Waals surface area contributed by atoms with Crippen LogP contribution < -0.4 is 5.32 Å². The first-order valence-electron chi connectivity index (χ1n) is 8.52. The molecule has 1 aromatic heterocycles. The largest absolute Gasteiger partial charge is 0.379 e. The summed E-state index contributed by atoms with van der Waals surface area (Å²) < 4.78 is 28.3. The maximum atomic E-state index is 13.4. The molecule has 0 unspecified atom stereocenters. The Morgan fingerprint density at radius 1 is 1.35 bits per heavy atom. The Labute approximate surface area is 150 Å². The van der Waals surface area contributed by atoms with Crippen molar-refractivity contribution in [3.63, 3.8) is 0 Å². The Morgan fingerprint density at radius 2 is 2.15 bits per heavy atom. The average molecular weight is 364 g/mol. The van der Waals surface area contributed by atoms with Crippen LogP contribution in [0.3, 0.4) is 0 Å². The highest BCUT2D eigenvalue weighted by atomic mass is 19.2. The van der Waals surface area contributed by atoms with Gasteiger partial charge < -0.3 is 19.9 Å². The molecule has 2 aromatic rings. The number of likely N-dealkylation sites (tertiary alicyclic amines) is 1. The van der Waals surface area contributed by atoms with E-state index in [-0.39, 0.29) is 13.1 Å².